The van der Waals surface area contributed by atoms with Crippen molar-refractivity contribution in [1.82, 2.24) is 14.8 Å². The molecule has 0 radical (unpaired) electrons. The van der Waals surface area contributed by atoms with Crippen LogP contribution >= 0.6 is 11.8 Å². The van der Waals surface area contributed by atoms with Gasteiger partial charge in [0.2, 0.25) is 5.91 Å². The van der Waals surface area contributed by atoms with Gasteiger partial charge in [-0.15, -0.1) is 10.2 Å². The zero-order valence-corrected chi connectivity index (χ0v) is 21.2. The van der Waals surface area contributed by atoms with Gasteiger partial charge in [0.05, 0.1) is 17.8 Å². The molecule has 2 aromatic carbocycles. The van der Waals surface area contributed by atoms with Gasteiger partial charge in [-0.1, -0.05) is 37.7 Å². The number of hydrogen-bond acceptors (Lipinski definition) is 8. The van der Waals surface area contributed by atoms with Crippen LogP contribution < -0.4 is 14.8 Å². The smallest absolute Gasteiger partial charge is 0.269 e. The molecular weight excluding hydrogens is 470 g/mol. The molecule has 0 spiro atoms. The molecule has 1 aromatic heterocycles. The summed E-state index contributed by atoms with van der Waals surface area (Å²) in [6.45, 7) is 8.45. The second-order valence-electron chi connectivity index (χ2n) is 8.35. The van der Waals surface area contributed by atoms with Gasteiger partial charge in [-0.25, -0.2) is 0 Å². The lowest BCUT2D eigenvalue weighted by molar-refractivity contribution is -0.384. The Morgan fingerprint density at radius 1 is 1.17 bits per heavy atom. The third-order valence-electron chi connectivity index (χ3n) is 5.06. The Labute approximate surface area is 208 Å². The van der Waals surface area contributed by atoms with E-state index in [2.05, 4.69) is 29.4 Å². The van der Waals surface area contributed by atoms with Crippen LogP contribution in [0.4, 0.5) is 11.4 Å². The van der Waals surface area contributed by atoms with E-state index >= 15 is 0 Å². The maximum Gasteiger partial charge on any atom is 0.269 e. The number of hydrogen-bond donors (Lipinski definition) is 1. The van der Waals surface area contributed by atoms with Crippen molar-refractivity contribution in [3.63, 3.8) is 0 Å². The van der Waals surface area contributed by atoms with Gasteiger partial charge in [-0.3, -0.25) is 14.9 Å². The number of nitro groups is 1. The van der Waals surface area contributed by atoms with Crippen LogP contribution in [-0.4, -0.2) is 38.5 Å². The Kier molecular flexibility index (Phi) is 8.69. The summed E-state index contributed by atoms with van der Waals surface area (Å²) in [5.74, 6) is 2.06. The second-order valence-corrected chi connectivity index (χ2v) is 9.29. The van der Waals surface area contributed by atoms with Crippen molar-refractivity contribution < 1.29 is 19.2 Å². The van der Waals surface area contributed by atoms with E-state index in [9.17, 15) is 14.9 Å². The number of rotatable bonds is 11. The summed E-state index contributed by atoms with van der Waals surface area (Å²) < 4.78 is 13.5. The van der Waals surface area contributed by atoms with Crippen molar-refractivity contribution in [3.05, 3.63) is 64.0 Å². The van der Waals surface area contributed by atoms with Crippen LogP contribution in [0.15, 0.2) is 47.6 Å². The third-order valence-corrected chi connectivity index (χ3v) is 6.02. The highest BCUT2D eigenvalue weighted by molar-refractivity contribution is 7.99. The molecule has 1 N–H and O–H groups in total. The first-order valence-electron chi connectivity index (χ1n) is 11.1. The number of nitro benzene ring substituents is 1. The van der Waals surface area contributed by atoms with E-state index in [1.54, 1.807) is 14.0 Å². The minimum absolute atomic E-state index is 0.0198. The fourth-order valence-corrected chi connectivity index (χ4v) is 4.18. The summed E-state index contributed by atoms with van der Waals surface area (Å²) in [5, 5.41) is 23.0. The standard InChI is InChI=1S/C24H29N5O5S/c1-15(2)13-28-23(17(4)34-21-9-7-6-8-20(21)33-5)26-27-24(28)35-14-22(30)25-19-11-10-18(29(31)32)12-16(19)3/h6-12,15,17H,13-14H2,1-5H3,(H,25,30). The van der Waals surface area contributed by atoms with Crippen LogP contribution in [0.1, 0.15) is 38.3 Å². The first kappa shape index (κ1) is 26.0. The number of nitrogens with one attached hydrogen (secondary N) is 1. The third kappa shape index (κ3) is 6.72. The molecule has 10 nitrogen and oxygen atoms in total. The van der Waals surface area contributed by atoms with E-state index in [-0.39, 0.29) is 17.3 Å². The number of para-hydroxylation sites is 2. The molecule has 1 atom stereocenters. The van der Waals surface area contributed by atoms with Gasteiger partial charge in [-0.2, -0.15) is 0 Å². The summed E-state index contributed by atoms with van der Waals surface area (Å²) in [5.41, 5.74) is 1.13. The largest absolute Gasteiger partial charge is 0.493 e. The quantitative estimate of drug-likeness (QED) is 0.221. The number of aryl methyl sites for hydroxylation is 1. The molecule has 0 bridgehead atoms. The molecule has 0 aliphatic heterocycles. The molecule has 1 unspecified atom stereocenters. The molecule has 1 heterocycles. The Bertz CT molecular complexity index is 1200. The van der Waals surface area contributed by atoms with Crippen molar-refractivity contribution in [3.8, 4) is 11.5 Å². The van der Waals surface area contributed by atoms with Crippen LogP contribution in [0.3, 0.4) is 0 Å². The minimum atomic E-state index is -0.466. The van der Waals surface area contributed by atoms with Crippen LogP contribution in [0.5, 0.6) is 11.5 Å². The number of thioether (sulfide) groups is 1. The van der Waals surface area contributed by atoms with Crippen molar-refractivity contribution in [1.29, 1.82) is 0 Å². The van der Waals surface area contributed by atoms with Crippen LogP contribution in [0.25, 0.3) is 0 Å². The number of amides is 1. The lowest BCUT2D eigenvalue weighted by Crippen LogP contribution is -2.17. The molecular formula is C24H29N5O5S. The van der Waals surface area contributed by atoms with Crippen molar-refractivity contribution in [2.75, 3.05) is 18.2 Å². The molecule has 11 heteroatoms. The normalized spacial score (nSPS) is 11.8. The summed E-state index contributed by atoms with van der Waals surface area (Å²) in [6.07, 6.45) is -0.400. The van der Waals surface area contributed by atoms with Gasteiger partial charge in [0.15, 0.2) is 28.6 Å². The minimum Gasteiger partial charge on any atom is -0.493 e. The lowest BCUT2D eigenvalue weighted by atomic mass is 10.2. The highest BCUT2D eigenvalue weighted by Gasteiger charge is 2.22. The number of methoxy groups -OCH3 is 1. The Morgan fingerprint density at radius 3 is 2.51 bits per heavy atom. The molecule has 1 amide bonds. The molecule has 3 rings (SSSR count). The number of benzene rings is 2. The SMILES string of the molecule is COc1ccccc1OC(C)c1nnc(SCC(=O)Nc2ccc([N+](=O)[O-])cc2C)n1CC(C)C. The number of aromatic nitrogens is 3. The predicted molar refractivity (Wildman–Crippen MR) is 134 cm³/mol. The summed E-state index contributed by atoms with van der Waals surface area (Å²) in [4.78, 5) is 23.0. The maximum atomic E-state index is 12.6. The van der Waals surface area contributed by atoms with Crippen LogP contribution in [0, 0.1) is 23.0 Å². The fraction of sp³-hybridized carbons (Fsp3) is 0.375. The maximum absolute atomic E-state index is 12.6. The topological polar surface area (TPSA) is 121 Å². The van der Waals surface area contributed by atoms with Gasteiger partial charge in [0.25, 0.3) is 5.69 Å². The summed E-state index contributed by atoms with van der Waals surface area (Å²) >= 11 is 1.27. The van der Waals surface area contributed by atoms with E-state index < -0.39 is 11.0 Å². The second kappa shape index (κ2) is 11.7. The molecule has 35 heavy (non-hydrogen) atoms. The Balaban J connectivity index is 1.71. The number of ether oxygens (including phenoxy) is 2. The Morgan fingerprint density at radius 2 is 1.89 bits per heavy atom. The van der Waals surface area contributed by atoms with Gasteiger partial charge in [-0.05, 0) is 43.5 Å². The molecule has 0 aliphatic carbocycles. The zero-order chi connectivity index (χ0) is 25.5. The molecule has 0 saturated heterocycles. The average molecular weight is 500 g/mol. The van der Waals surface area contributed by atoms with Crippen LogP contribution in [0.2, 0.25) is 0 Å². The molecule has 3 aromatic rings. The monoisotopic (exact) mass is 499 g/mol. The van der Waals surface area contributed by atoms with Crippen LogP contribution in [-0.2, 0) is 11.3 Å². The Hall–Kier alpha value is -3.60. The fourth-order valence-electron chi connectivity index (χ4n) is 3.42. The van der Waals surface area contributed by atoms with Crippen molar-refractivity contribution in [2.45, 2.75) is 45.5 Å². The molecule has 0 aliphatic rings. The summed E-state index contributed by atoms with van der Waals surface area (Å²) in [7, 11) is 1.59. The van der Waals surface area contributed by atoms with Crippen molar-refractivity contribution in [2.24, 2.45) is 5.92 Å². The number of non-ortho nitro benzene ring substituents is 1. The first-order chi connectivity index (χ1) is 16.7. The van der Waals surface area contributed by atoms with E-state index in [1.807, 2.05) is 35.8 Å². The van der Waals surface area contributed by atoms with Gasteiger partial charge < -0.3 is 19.4 Å². The highest BCUT2D eigenvalue weighted by Crippen LogP contribution is 2.31. The van der Waals surface area contributed by atoms with Gasteiger partial charge >= 0.3 is 0 Å². The average Bonchev–Trinajstić information content (AvgIpc) is 3.21. The summed E-state index contributed by atoms with van der Waals surface area (Å²) in [6, 6.07) is 11.7. The van der Waals surface area contributed by atoms with E-state index in [0.717, 1.165) is 0 Å². The lowest BCUT2D eigenvalue weighted by Gasteiger charge is -2.19. The van der Waals surface area contributed by atoms with E-state index in [4.69, 9.17) is 9.47 Å². The van der Waals surface area contributed by atoms with E-state index in [1.165, 1.54) is 30.0 Å². The highest BCUT2D eigenvalue weighted by atomic mass is 32.2. The number of carbonyl (C=O) groups excluding carboxylic acids is 1. The number of carbonyl (C=O) groups is 1. The van der Waals surface area contributed by atoms with Gasteiger partial charge in [0, 0.05) is 24.4 Å². The van der Waals surface area contributed by atoms with E-state index in [0.29, 0.717) is 46.2 Å². The van der Waals surface area contributed by atoms with Crippen molar-refractivity contribution >= 4 is 29.0 Å². The number of nitrogens with zero attached hydrogens (tertiary/aromatic N) is 4. The number of anilines is 1. The molecule has 0 saturated carbocycles. The zero-order valence-electron chi connectivity index (χ0n) is 20.3. The molecule has 0 fully saturated rings. The molecule has 186 valence electrons. The van der Waals surface area contributed by atoms with Gasteiger partial charge in [0.1, 0.15) is 0 Å². The predicted octanol–water partition coefficient (Wildman–Crippen LogP) is 5.03. The first-order valence-corrected chi connectivity index (χ1v) is 12.1.